The lowest BCUT2D eigenvalue weighted by molar-refractivity contribution is 0.112. The van der Waals surface area contributed by atoms with Crippen molar-refractivity contribution in [1.82, 2.24) is 4.31 Å². The molecule has 0 unspecified atom stereocenters. The van der Waals surface area contributed by atoms with Gasteiger partial charge in [0.15, 0.2) is 0 Å². The van der Waals surface area contributed by atoms with Gasteiger partial charge in [0.1, 0.15) is 12.6 Å². The molecule has 66 valence electrons. The van der Waals surface area contributed by atoms with Gasteiger partial charge in [-0.25, -0.2) is 4.99 Å². The van der Waals surface area contributed by atoms with Gasteiger partial charge < -0.3 is 4.31 Å². The number of aldehydes is 1. The quantitative estimate of drug-likeness (QED) is 0.504. The molecular weight excluding hydrogens is 184 g/mol. The molecule has 0 bridgehead atoms. The van der Waals surface area contributed by atoms with Crippen molar-refractivity contribution in [2.75, 3.05) is 7.05 Å². The Bertz CT molecular complexity index is 376. The molecule has 0 atom stereocenters. The highest BCUT2D eigenvalue weighted by atomic mass is 32.2. The predicted molar refractivity (Wildman–Crippen MR) is 53.6 cm³/mol. The van der Waals surface area contributed by atoms with E-state index in [4.69, 9.17) is 0 Å². The number of rotatable bonds is 1. The van der Waals surface area contributed by atoms with Crippen molar-refractivity contribution in [3.8, 4) is 0 Å². The van der Waals surface area contributed by atoms with E-state index >= 15 is 0 Å². The van der Waals surface area contributed by atoms with Crippen molar-refractivity contribution in [3.05, 3.63) is 23.8 Å². The minimum atomic E-state index is 0.668. The molecule has 0 spiro atoms. The summed E-state index contributed by atoms with van der Waals surface area (Å²) in [5, 5.41) is 0. The highest BCUT2D eigenvalue weighted by Gasteiger charge is 2.09. The summed E-state index contributed by atoms with van der Waals surface area (Å²) >= 11 is 1.60. The zero-order valence-corrected chi connectivity index (χ0v) is 7.91. The minimum absolute atomic E-state index is 0.668. The SMILES string of the molecule is CN1C=Nc2cc(C=O)ccc2S1. The Balaban J connectivity index is 2.45. The summed E-state index contributed by atoms with van der Waals surface area (Å²) in [7, 11) is 1.94. The molecule has 0 saturated heterocycles. The van der Waals surface area contributed by atoms with E-state index in [0.717, 1.165) is 16.9 Å². The van der Waals surface area contributed by atoms with Gasteiger partial charge in [0.2, 0.25) is 0 Å². The highest BCUT2D eigenvalue weighted by Crippen LogP contribution is 2.34. The molecule has 1 aromatic carbocycles. The summed E-state index contributed by atoms with van der Waals surface area (Å²) in [5.41, 5.74) is 1.54. The van der Waals surface area contributed by atoms with Gasteiger partial charge in [0.25, 0.3) is 0 Å². The number of fused-ring (bicyclic) bond motifs is 1. The van der Waals surface area contributed by atoms with Crippen LogP contribution >= 0.6 is 11.9 Å². The molecule has 1 aliphatic rings. The maximum atomic E-state index is 10.5. The monoisotopic (exact) mass is 192 g/mol. The second kappa shape index (κ2) is 3.22. The van der Waals surface area contributed by atoms with E-state index in [9.17, 15) is 4.79 Å². The lowest BCUT2D eigenvalue weighted by Crippen LogP contribution is -2.08. The van der Waals surface area contributed by atoms with Crippen LogP contribution in [0.25, 0.3) is 0 Å². The topological polar surface area (TPSA) is 32.7 Å². The minimum Gasteiger partial charge on any atom is -0.306 e. The van der Waals surface area contributed by atoms with Gasteiger partial charge in [-0.1, -0.05) is 6.07 Å². The zero-order chi connectivity index (χ0) is 9.26. The average molecular weight is 192 g/mol. The normalized spacial score (nSPS) is 14.1. The summed E-state index contributed by atoms with van der Waals surface area (Å²) in [6.07, 6.45) is 2.57. The first-order chi connectivity index (χ1) is 6.29. The van der Waals surface area contributed by atoms with E-state index in [-0.39, 0.29) is 0 Å². The molecule has 13 heavy (non-hydrogen) atoms. The van der Waals surface area contributed by atoms with Crippen LogP contribution in [0, 0.1) is 0 Å². The first-order valence-corrected chi connectivity index (χ1v) is 4.61. The first-order valence-electron chi connectivity index (χ1n) is 3.84. The molecule has 0 aliphatic carbocycles. The van der Waals surface area contributed by atoms with Crippen LogP contribution in [-0.4, -0.2) is 24.0 Å². The van der Waals surface area contributed by atoms with E-state index in [1.54, 1.807) is 30.4 Å². The van der Waals surface area contributed by atoms with Crippen LogP contribution in [-0.2, 0) is 0 Å². The van der Waals surface area contributed by atoms with E-state index in [1.165, 1.54) is 0 Å². The van der Waals surface area contributed by atoms with Crippen LogP contribution in [0.1, 0.15) is 10.4 Å². The van der Waals surface area contributed by atoms with Gasteiger partial charge in [-0.15, -0.1) is 0 Å². The molecule has 1 heterocycles. The summed E-state index contributed by atoms with van der Waals surface area (Å²) in [4.78, 5) is 15.8. The lowest BCUT2D eigenvalue weighted by Gasteiger charge is -2.17. The van der Waals surface area contributed by atoms with E-state index in [2.05, 4.69) is 4.99 Å². The number of hydrogen-bond donors (Lipinski definition) is 0. The summed E-state index contributed by atoms with van der Waals surface area (Å²) < 4.78 is 1.92. The fourth-order valence-electron chi connectivity index (χ4n) is 1.11. The molecule has 0 amide bonds. The number of benzene rings is 1. The summed E-state index contributed by atoms with van der Waals surface area (Å²) in [6, 6.07) is 5.50. The maximum absolute atomic E-state index is 10.5. The van der Waals surface area contributed by atoms with Crippen molar-refractivity contribution < 1.29 is 4.79 Å². The van der Waals surface area contributed by atoms with Gasteiger partial charge in [-0.2, -0.15) is 0 Å². The molecule has 2 rings (SSSR count). The van der Waals surface area contributed by atoms with Crippen LogP contribution in [0.5, 0.6) is 0 Å². The molecule has 0 saturated carbocycles. The van der Waals surface area contributed by atoms with Gasteiger partial charge in [0, 0.05) is 12.6 Å². The largest absolute Gasteiger partial charge is 0.306 e. The molecule has 1 aliphatic heterocycles. The fraction of sp³-hybridized carbons (Fsp3) is 0.111. The van der Waals surface area contributed by atoms with Gasteiger partial charge in [0.05, 0.1) is 10.6 Å². The van der Waals surface area contributed by atoms with Gasteiger partial charge in [-0.3, -0.25) is 4.79 Å². The predicted octanol–water partition coefficient (Wildman–Crippen LogP) is 2.11. The molecule has 0 N–H and O–H groups in total. The van der Waals surface area contributed by atoms with Crippen LogP contribution in [0.15, 0.2) is 28.1 Å². The fourth-order valence-corrected chi connectivity index (χ4v) is 1.85. The molecule has 0 fully saturated rings. The Kier molecular flexibility index (Phi) is 2.06. The number of nitrogens with zero attached hydrogens (tertiary/aromatic N) is 2. The van der Waals surface area contributed by atoms with Crippen molar-refractivity contribution >= 4 is 30.3 Å². The third-order valence-corrected chi connectivity index (χ3v) is 2.65. The van der Waals surface area contributed by atoms with Crippen LogP contribution in [0.4, 0.5) is 5.69 Å². The lowest BCUT2D eigenvalue weighted by atomic mass is 10.2. The molecule has 4 heteroatoms. The summed E-state index contributed by atoms with van der Waals surface area (Å²) in [6.45, 7) is 0. The molecule has 0 aromatic heterocycles. The second-order valence-electron chi connectivity index (χ2n) is 2.73. The average Bonchev–Trinajstić information content (AvgIpc) is 2.17. The molecule has 0 radical (unpaired) electrons. The van der Waals surface area contributed by atoms with Crippen LogP contribution in [0.2, 0.25) is 0 Å². The Morgan fingerprint density at radius 2 is 2.38 bits per heavy atom. The molecule has 3 nitrogen and oxygen atoms in total. The Hall–Kier alpha value is -1.29. The van der Waals surface area contributed by atoms with E-state index < -0.39 is 0 Å². The van der Waals surface area contributed by atoms with Gasteiger partial charge >= 0.3 is 0 Å². The molecule has 1 aromatic rings. The zero-order valence-electron chi connectivity index (χ0n) is 7.10. The third-order valence-electron chi connectivity index (χ3n) is 1.72. The Morgan fingerprint density at radius 1 is 1.54 bits per heavy atom. The van der Waals surface area contributed by atoms with Crippen molar-refractivity contribution in [2.24, 2.45) is 4.99 Å². The third kappa shape index (κ3) is 1.58. The number of carbonyl (C=O) groups is 1. The first kappa shape index (κ1) is 8.31. The number of aliphatic imine (C=N–C) groups is 1. The van der Waals surface area contributed by atoms with Crippen LogP contribution in [0.3, 0.4) is 0 Å². The Labute approximate surface area is 80.6 Å². The van der Waals surface area contributed by atoms with Crippen molar-refractivity contribution in [3.63, 3.8) is 0 Å². The van der Waals surface area contributed by atoms with Gasteiger partial charge in [-0.05, 0) is 24.1 Å². The Morgan fingerprint density at radius 3 is 3.15 bits per heavy atom. The van der Waals surface area contributed by atoms with Crippen LogP contribution < -0.4 is 0 Å². The maximum Gasteiger partial charge on any atom is 0.150 e. The van der Waals surface area contributed by atoms with E-state index in [1.807, 2.05) is 17.4 Å². The smallest absolute Gasteiger partial charge is 0.150 e. The highest BCUT2D eigenvalue weighted by molar-refractivity contribution is 7.97. The molecular formula is C9H8N2OS. The van der Waals surface area contributed by atoms with Crippen molar-refractivity contribution in [1.29, 1.82) is 0 Å². The standard InChI is InChI=1S/C9H8N2OS/c1-11-6-10-8-4-7(5-12)2-3-9(8)13-11/h2-6H,1H3. The number of carbonyl (C=O) groups excluding carboxylic acids is 1. The van der Waals surface area contributed by atoms with E-state index in [0.29, 0.717) is 5.56 Å². The summed E-state index contributed by atoms with van der Waals surface area (Å²) in [5.74, 6) is 0. The van der Waals surface area contributed by atoms with Crippen molar-refractivity contribution in [2.45, 2.75) is 4.90 Å². The number of hydrogen-bond acceptors (Lipinski definition) is 4. The second-order valence-corrected chi connectivity index (χ2v) is 3.93.